The van der Waals surface area contributed by atoms with Crippen molar-refractivity contribution in [2.45, 2.75) is 13.5 Å². The van der Waals surface area contributed by atoms with Gasteiger partial charge in [-0.05, 0) is 30.7 Å². The molecule has 3 aromatic rings. The number of imidazole rings is 1. The number of aromatic nitrogens is 3. The van der Waals surface area contributed by atoms with Crippen LogP contribution in [-0.2, 0) is 6.54 Å². The smallest absolute Gasteiger partial charge is 0.126 e. The standard InChI is InChI=1S/C16H14N6/c1-10(5-17)7-19-9-15-21-14-8-20-13-3-2-11(6-18)4-12(13)16(14)22-15/h2-5,7-8,17,19H,9H2,1H3,(H,21,22)/b10-7-,17-5?. The van der Waals surface area contributed by atoms with E-state index in [1.165, 1.54) is 6.21 Å². The van der Waals surface area contributed by atoms with E-state index in [0.717, 1.165) is 33.3 Å². The number of nitrogens with zero attached hydrogens (tertiary/aromatic N) is 3. The van der Waals surface area contributed by atoms with Crippen LogP contribution in [0.5, 0.6) is 0 Å². The molecule has 0 unspecified atom stereocenters. The summed E-state index contributed by atoms with van der Waals surface area (Å²) in [5.41, 5.74) is 3.91. The van der Waals surface area contributed by atoms with E-state index in [1.54, 1.807) is 18.5 Å². The molecule has 0 saturated carbocycles. The van der Waals surface area contributed by atoms with E-state index >= 15 is 0 Å². The van der Waals surface area contributed by atoms with Crippen LogP contribution in [0.25, 0.3) is 21.9 Å². The predicted molar refractivity (Wildman–Crippen MR) is 85.5 cm³/mol. The van der Waals surface area contributed by atoms with Gasteiger partial charge < -0.3 is 15.7 Å². The Kier molecular flexibility index (Phi) is 3.54. The molecule has 0 radical (unpaired) electrons. The number of fused-ring (bicyclic) bond motifs is 3. The molecule has 0 bridgehead atoms. The number of H-pyrrole nitrogens is 1. The number of hydrogen-bond donors (Lipinski definition) is 3. The van der Waals surface area contributed by atoms with Gasteiger partial charge in [-0.15, -0.1) is 0 Å². The van der Waals surface area contributed by atoms with Crippen molar-refractivity contribution in [2.24, 2.45) is 0 Å². The molecular weight excluding hydrogens is 276 g/mol. The topological polar surface area (TPSA) is 101 Å². The summed E-state index contributed by atoms with van der Waals surface area (Å²) in [5, 5.41) is 20.1. The molecule has 3 rings (SSSR count). The number of nitrogens with one attached hydrogen (secondary N) is 3. The van der Waals surface area contributed by atoms with Crippen LogP contribution in [0.1, 0.15) is 18.3 Å². The molecule has 0 aliphatic carbocycles. The Balaban J connectivity index is 2.00. The Hall–Kier alpha value is -3.20. The quantitative estimate of drug-likeness (QED) is 0.643. The molecule has 0 aliphatic rings. The maximum atomic E-state index is 9.03. The minimum atomic E-state index is 0.527. The lowest BCUT2D eigenvalue weighted by Gasteiger charge is -1.98. The monoisotopic (exact) mass is 290 g/mol. The molecular formula is C16H14N6. The van der Waals surface area contributed by atoms with Crippen molar-refractivity contribution in [1.29, 1.82) is 10.7 Å². The van der Waals surface area contributed by atoms with Crippen molar-refractivity contribution in [3.63, 3.8) is 0 Å². The van der Waals surface area contributed by atoms with Gasteiger partial charge in [0.05, 0.1) is 35.4 Å². The zero-order valence-electron chi connectivity index (χ0n) is 12.0. The number of hydrogen-bond acceptors (Lipinski definition) is 5. The molecule has 22 heavy (non-hydrogen) atoms. The first-order valence-electron chi connectivity index (χ1n) is 6.79. The summed E-state index contributed by atoms with van der Waals surface area (Å²) >= 11 is 0. The molecule has 0 spiro atoms. The lowest BCUT2D eigenvalue weighted by Crippen LogP contribution is -2.07. The molecule has 0 fully saturated rings. The van der Waals surface area contributed by atoms with E-state index in [9.17, 15) is 0 Å². The number of pyridine rings is 1. The third kappa shape index (κ3) is 2.52. The zero-order valence-corrected chi connectivity index (χ0v) is 12.0. The Morgan fingerprint density at radius 3 is 3.09 bits per heavy atom. The molecule has 0 aliphatic heterocycles. The van der Waals surface area contributed by atoms with Gasteiger partial charge in [0, 0.05) is 17.8 Å². The number of aromatic amines is 1. The largest absolute Gasteiger partial charge is 0.383 e. The summed E-state index contributed by atoms with van der Waals surface area (Å²) in [6, 6.07) is 7.55. The van der Waals surface area contributed by atoms with E-state index < -0.39 is 0 Å². The maximum absolute atomic E-state index is 9.03. The van der Waals surface area contributed by atoms with Crippen LogP contribution < -0.4 is 5.32 Å². The summed E-state index contributed by atoms with van der Waals surface area (Å²) in [7, 11) is 0. The van der Waals surface area contributed by atoms with Crippen LogP contribution >= 0.6 is 0 Å². The number of nitriles is 1. The first-order valence-corrected chi connectivity index (χ1v) is 6.79. The molecule has 0 atom stereocenters. The minimum Gasteiger partial charge on any atom is -0.383 e. The van der Waals surface area contributed by atoms with Crippen molar-refractivity contribution in [3.05, 3.63) is 47.6 Å². The van der Waals surface area contributed by atoms with Gasteiger partial charge in [-0.2, -0.15) is 5.26 Å². The molecule has 0 amide bonds. The molecule has 2 heterocycles. The maximum Gasteiger partial charge on any atom is 0.126 e. The van der Waals surface area contributed by atoms with Gasteiger partial charge in [0.1, 0.15) is 11.3 Å². The number of rotatable bonds is 4. The van der Waals surface area contributed by atoms with Gasteiger partial charge in [0.2, 0.25) is 0 Å². The second kappa shape index (κ2) is 5.66. The van der Waals surface area contributed by atoms with Crippen molar-refractivity contribution in [1.82, 2.24) is 20.3 Å². The highest BCUT2D eigenvalue weighted by atomic mass is 15.0. The second-order valence-corrected chi connectivity index (χ2v) is 4.96. The Bertz CT molecular complexity index is 929. The summed E-state index contributed by atoms with van der Waals surface area (Å²) in [4.78, 5) is 12.1. The summed E-state index contributed by atoms with van der Waals surface area (Å²) in [5.74, 6) is 0.778. The van der Waals surface area contributed by atoms with Crippen molar-refractivity contribution in [3.8, 4) is 6.07 Å². The summed E-state index contributed by atoms with van der Waals surface area (Å²) < 4.78 is 0. The fourth-order valence-electron chi connectivity index (χ4n) is 2.22. The Morgan fingerprint density at radius 1 is 1.45 bits per heavy atom. The van der Waals surface area contributed by atoms with Gasteiger partial charge in [-0.25, -0.2) is 4.98 Å². The first kappa shape index (κ1) is 13.8. The van der Waals surface area contributed by atoms with Gasteiger partial charge in [0.25, 0.3) is 0 Å². The molecule has 6 nitrogen and oxygen atoms in total. The lowest BCUT2D eigenvalue weighted by atomic mass is 10.1. The fraction of sp³-hybridized carbons (Fsp3) is 0.125. The zero-order chi connectivity index (χ0) is 15.5. The average molecular weight is 290 g/mol. The van der Waals surface area contributed by atoms with Gasteiger partial charge in [-0.3, -0.25) is 4.98 Å². The highest BCUT2D eigenvalue weighted by molar-refractivity contribution is 6.02. The molecule has 6 heteroatoms. The number of benzene rings is 1. The van der Waals surface area contributed by atoms with Crippen LogP contribution in [-0.4, -0.2) is 21.2 Å². The van der Waals surface area contributed by atoms with E-state index in [1.807, 2.05) is 19.1 Å². The summed E-state index contributed by atoms with van der Waals surface area (Å²) in [6.45, 7) is 2.37. The van der Waals surface area contributed by atoms with E-state index in [-0.39, 0.29) is 0 Å². The van der Waals surface area contributed by atoms with Crippen molar-refractivity contribution in [2.75, 3.05) is 0 Å². The van der Waals surface area contributed by atoms with Gasteiger partial charge >= 0.3 is 0 Å². The van der Waals surface area contributed by atoms with E-state index in [2.05, 4.69) is 26.3 Å². The van der Waals surface area contributed by atoms with Crippen LogP contribution in [0.4, 0.5) is 0 Å². The molecule has 3 N–H and O–H groups in total. The lowest BCUT2D eigenvalue weighted by molar-refractivity contribution is 0.813. The second-order valence-electron chi connectivity index (χ2n) is 4.96. The highest BCUT2D eigenvalue weighted by Gasteiger charge is 2.08. The third-order valence-corrected chi connectivity index (χ3v) is 3.33. The molecule has 0 saturated heterocycles. The summed E-state index contributed by atoms with van der Waals surface area (Å²) in [6.07, 6.45) is 4.78. The van der Waals surface area contributed by atoms with Crippen LogP contribution in [0.3, 0.4) is 0 Å². The average Bonchev–Trinajstić information content (AvgIpc) is 2.97. The first-order chi connectivity index (χ1) is 10.7. The predicted octanol–water partition coefficient (Wildman–Crippen LogP) is 2.63. The normalized spacial score (nSPS) is 11.5. The number of allylic oxidation sites excluding steroid dienone is 1. The molecule has 1 aromatic carbocycles. The van der Waals surface area contributed by atoms with Gasteiger partial charge in [-0.1, -0.05) is 0 Å². The SMILES string of the molecule is C/C(C=N)=C/NCc1nc2cnc3ccc(C#N)cc3c2[nH]1. The van der Waals surface area contributed by atoms with E-state index in [0.29, 0.717) is 12.1 Å². The molecule has 2 aromatic heterocycles. The van der Waals surface area contributed by atoms with Crippen molar-refractivity contribution < 1.29 is 0 Å². The minimum absolute atomic E-state index is 0.527. The Labute approximate surface area is 127 Å². The van der Waals surface area contributed by atoms with Crippen LogP contribution in [0, 0.1) is 16.7 Å². The highest BCUT2D eigenvalue weighted by Crippen LogP contribution is 2.22. The van der Waals surface area contributed by atoms with Gasteiger partial charge in [0.15, 0.2) is 0 Å². The van der Waals surface area contributed by atoms with Crippen molar-refractivity contribution >= 4 is 28.2 Å². The third-order valence-electron chi connectivity index (χ3n) is 3.33. The fourth-order valence-corrected chi connectivity index (χ4v) is 2.22. The van der Waals surface area contributed by atoms with E-state index in [4.69, 9.17) is 10.7 Å². The van der Waals surface area contributed by atoms with Crippen LogP contribution in [0.15, 0.2) is 36.2 Å². The Morgan fingerprint density at radius 2 is 2.32 bits per heavy atom. The van der Waals surface area contributed by atoms with Crippen LogP contribution in [0.2, 0.25) is 0 Å². The molecule has 108 valence electrons.